The Morgan fingerprint density at radius 2 is 1.74 bits per heavy atom. The smallest absolute Gasteiger partial charge is 0.248 e. The number of hydrogen-bond acceptors (Lipinski definition) is 6. The minimum atomic E-state index is -2.52. The van der Waals surface area contributed by atoms with Crippen molar-refractivity contribution in [2.24, 2.45) is 5.92 Å². The molecule has 3 fully saturated rings. The molecular formula is C27H32F2O5S. The van der Waals surface area contributed by atoms with Crippen LogP contribution in [0.5, 0.6) is 5.75 Å². The van der Waals surface area contributed by atoms with Crippen molar-refractivity contribution in [3.8, 4) is 5.75 Å². The van der Waals surface area contributed by atoms with Crippen molar-refractivity contribution in [2.75, 3.05) is 13.4 Å². The number of halogens is 2. The molecule has 0 amide bonds. The normalized spacial score (nSPS) is 35.9. The molecule has 1 saturated heterocycles. The molecule has 0 bridgehead atoms. The predicted molar refractivity (Wildman–Crippen MR) is 130 cm³/mol. The average molecular weight is 507 g/mol. The van der Waals surface area contributed by atoms with Crippen molar-refractivity contribution in [1.29, 1.82) is 0 Å². The summed E-state index contributed by atoms with van der Waals surface area (Å²) in [5.74, 6) is -1.75. The maximum absolute atomic E-state index is 13.8. The summed E-state index contributed by atoms with van der Waals surface area (Å²) in [7, 11) is 1.60. The summed E-state index contributed by atoms with van der Waals surface area (Å²) in [5.41, 5.74) is 3.07. The topological polar surface area (TPSA) is 79.2 Å². The SMILES string of the molecule is COc1ccc(C2O[C@H](SC)[C@@H](O)[C@H](O)[C@H]2O)cc1Cc1ccc([C@@]23CCC(F)(F)C[C@@H]2C3)cc1. The molecule has 2 aromatic rings. The number of methoxy groups -OCH3 is 1. The average Bonchev–Trinajstić information content (AvgIpc) is 3.56. The van der Waals surface area contributed by atoms with Gasteiger partial charge in [0.05, 0.1) is 7.11 Å². The fourth-order valence-electron chi connectivity index (χ4n) is 5.93. The minimum Gasteiger partial charge on any atom is -0.496 e. The molecular weight excluding hydrogens is 474 g/mol. The number of hydrogen-bond donors (Lipinski definition) is 3. The summed E-state index contributed by atoms with van der Waals surface area (Å²) in [6.45, 7) is 0. The zero-order valence-electron chi connectivity index (χ0n) is 19.9. The Morgan fingerprint density at radius 1 is 1.00 bits per heavy atom. The van der Waals surface area contributed by atoms with Crippen LogP contribution >= 0.6 is 11.8 Å². The second kappa shape index (κ2) is 9.30. The van der Waals surface area contributed by atoms with E-state index in [0.29, 0.717) is 24.2 Å². The van der Waals surface area contributed by atoms with Gasteiger partial charge in [0.2, 0.25) is 5.92 Å². The highest BCUT2D eigenvalue weighted by molar-refractivity contribution is 7.99. The third kappa shape index (κ3) is 4.60. The van der Waals surface area contributed by atoms with E-state index in [2.05, 4.69) is 12.1 Å². The zero-order valence-corrected chi connectivity index (χ0v) is 20.7. The van der Waals surface area contributed by atoms with Crippen molar-refractivity contribution in [1.82, 2.24) is 0 Å². The highest BCUT2D eigenvalue weighted by Gasteiger charge is 2.61. The summed E-state index contributed by atoms with van der Waals surface area (Å²) >= 11 is 1.28. The van der Waals surface area contributed by atoms with Gasteiger partial charge in [0.15, 0.2) is 0 Å². The Kier molecular flexibility index (Phi) is 6.64. The molecule has 8 heteroatoms. The maximum Gasteiger partial charge on any atom is 0.248 e. The molecule has 3 N–H and O–H groups in total. The van der Waals surface area contributed by atoms with Crippen molar-refractivity contribution < 1.29 is 33.6 Å². The van der Waals surface area contributed by atoms with Crippen LogP contribution in [-0.2, 0) is 16.6 Å². The fraction of sp³-hybridized carbons (Fsp3) is 0.556. The van der Waals surface area contributed by atoms with E-state index in [0.717, 1.165) is 23.1 Å². The Labute approximate surface area is 208 Å². The Morgan fingerprint density at radius 3 is 2.40 bits per heavy atom. The van der Waals surface area contributed by atoms with Crippen molar-refractivity contribution in [3.63, 3.8) is 0 Å². The summed E-state index contributed by atoms with van der Waals surface area (Å²) in [5, 5.41) is 31.0. The maximum atomic E-state index is 13.8. The molecule has 0 spiro atoms. The lowest BCUT2D eigenvalue weighted by Gasteiger charge is -2.40. The molecule has 3 aliphatic rings. The van der Waals surface area contributed by atoms with Gasteiger partial charge in [-0.25, -0.2) is 8.78 Å². The number of alkyl halides is 2. The molecule has 2 aromatic carbocycles. The molecule has 1 unspecified atom stereocenters. The van der Waals surface area contributed by atoms with Crippen molar-refractivity contribution >= 4 is 11.8 Å². The van der Waals surface area contributed by atoms with Gasteiger partial charge in [-0.2, -0.15) is 0 Å². The van der Waals surface area contributed by atoms with Gasteiger partial charge in [-0.3, -0.25) is 0 Å². The number of ether oxygens (including phenoxy) is 2. The van der Waals surface area contributed by atoms with Crippen LogP contribution in [0.15, 0.2) is 42.5 Å². The summed E-state index contributed by atoms with van der Waals surface area (Å²) in [6.07, 6.45) is -0.823. The molecule has 0 aromatic heterocycles. The molecule has 0 radical (unpaired) electrons. The molecule has 2 aliphatic carbocycles. The molecule has 7 atom stereocenters. The minimum absolute atomic E-state index is 0.00302. The molecule has 5 nitrogen and oxygen atoms in total. The van der Waals surface area contributed by atoms with E-state index >= 15 is 0 Å². The molecule has 1 aliphatic heterocycles. The van der Waals surface area contributed by atoms with E-state index in [1.165, 1.54) is 11.8 Å². The number of aliphatic hydroxyl groups excluding tert-OH is 3. The number of rotatable bonds is 6. The third-order valence-electron chi connectivity index (χ3n) is 8.07. The highest BCUT2D eigenvalue weighted by atomic mass is 32.2. The van der Waals surface area contributed by atoms with E-state index < -0.39 is 35.8 Å². The van der Waals surface area contributed by atoms with Crippen LogP contribution in [0.4, 0.5) is 8.78 Å². The zero-order chi connectivity index (χ0) is 25.0. The van der Waals surface area contributed by atoms with Crippen LogP contribution in [0.1, 0.15) is 54.0 Å². The second-order valence-corrected chi connectivity index (χ2v) is 11.1. The highest BCUT2D eigenvalue weighted by Crippen LogP contribution is 2.65. The first-order valence-electron chi connectivity index (χ1n) is 12.0. The fourth-order valence-corrected chi connectivity index (χ4v) is 6.60. The van der Waals surface area contributed by atoms with Crippen molar-refractivity contribution in [2.45, 2.75) is 73.3 Å². The second-order valence-electron chi connectivity index (χ2n) is 10.2. The quantitative estimate of drug-likeness (QED) is 0.545. The molecule has 2 saturated carbocycles. The lowest BCUT2D eigenvalue weighted by molar-refractivity contribution is -0.200. The van der Waals surface area contributed by atoms with Crippen LogP contribution in [-0.4, -0.2) is 58.4 Å². The van der Waals surface area contributed by atoms with Crippen LogP contribution < -0.4 is 4.74 Å². The molecule has 35 heavy (non-hydrogen) atoms. The van der Waals surface area contributed by atoms with E-state index in [1.54, 1.807) is 19.4 Å². The van der Waals surface area contributed by atoms with Gasteiger partial charge >= 0.3 is 0 Å². The van der Waals surface area contributed by atoms with Gasteiger partial charge < -0.3 is 24.8 Å². The standard InChI is InChI=1S/C27H32F2O5S/c1-33-20-8-5-16(24-22(31)21(30)23(32)25(34-24)35-2)12-17(20)11-15-3-6-18(7-4-15)26-9-10-27(28,29)14-19(26)13-26/h3-8,12,19,21-25,30-32H,9-11,13-14H2,1-2H3/t19-,21+,22+,23-,24?,25+,26-/m0/s1. The summed E-state index contributed by atoms with van der Waals surface area (Å²) in [4.78, 5) is 0. The summed E-state index contributed by atoms with van der Waals surface area (Å²) < 4.78 is 39.0. The first-order chi connectivity index (χ1) is 16.7. The lowest BCUT2D eigenvalue weighted by Crippen LogP contribution is -2.52. The number of thioether (sulfide) groups is 1. The Bertz CT molecular complexity index is 1060. The van der Waals surface area contributed by atoms with Crippen molar-refractivity contribution in [3.05, 3.63) is 64.7 Å². The van der Waals surface area contributed by atoms with Gasteiger partial charge in [0.1, 0.15) is 35.6 Å². The van der Waals surface area contributed by atoms with E-state index in [-0.39, 0.29) is 24.2 Å². The number of aliphatic hydroxyl groups is 3. The first kappa shape index (κ1) is 25.0. The first-order valence-corrected chi connectivity index (χ1v) is 13.3. The van der Waals surface area contributed by atoms with E-state index in [9.17, 15) is 24.1 Å². The molecule has 1 heterocycles. The van der Waals surface area contributed by atoms with Crippen LogP contribution in [0.3, 0.4) is 0 Å². The van der Waals surface area contributed by atoms with Gasteiger partial charge in [0, 0.05) is 19.3 Å². The Balaban J connectivity index is 1.35. The number of benzene rings is 2. The molecule has 5 rings (SSSR count). The third-order valence-corrected chi connectivity index (χ3v) is 8.93. The Hall–Kier alpha value is -1.71. The predicted octanol–water partition coefficient (Wildman–Crippen LogP) is 4.21. The van der Waals surface area contributed by atoms with Crippen LogP contribution in [0.2, 0.25) is 0 Å². The largest absolute Gasteiger partial charge is 0.496 e. The van der Waals surface area contributed by atoms with Crippen LogP contribution in [0.25, 0.3) is 0 Å². The van der Waals surface area contributed by atoms with Gasteiger partial charge in [0.25, 0.3) is 0 Å². The van der Waals surface area contributed by atoms with E-state index in [4.69, 9.17) is 9.47 Å². The lowest BCUT2D eigenvalue weighted by atomic mass is 9.81. The van der Waals surface area contributed by atoms with Gasteiger partial charge in [-0.05, 0) is 64.8 Å². The van der Waals surface area contributed by atoms with Crippen LogP contribution in [0, 0.1) is 5.92 Å². The monoisotopic (exact) mass is 506 g/mol. The summed E-state index contributed by atoms with van der Waals surface area (Å²) in [6, 6.07) is 13.8. The van der Waals surface area contributed by atoms with E-state index in [1.807, 2.05) is 24.3 Å². The molecule has 190 valence electrons. The van der Waals surface area contributed by atoms with Gasteiger partial charge in [-0.15, -0.1) is 11.8 Å². The van der Waals surface area contributed by atoms with Gasteiger partial charge in [-0.1, -0.05) is 30.3 Å². The number of fused-ring (bicyclic) bond motifs is 1.